The van der Waals surface area contributed by atoms with Crippen LogP contribution in [0.3, 0.4) is 0 Å². The number of amides is 2. The molecule has 0 radical (unpaired) electrons. The minimum Gasteiger partial charge on any atom is -0.378 e. The van der Waals surface area contributed by atoms with E-state index in [1.54, 1.807) is 0 Å². The van der Waals surface area contributed by atoms with E-state index in [0.717, 1.165) is 32.4 Å². The number of carbonyl (C=O) groups excluding carboxylic acids is 2. The third-order valence-electron chi connectivity index (χ3n) is 7.05. The molecule has 1 N–H and O–H groups in total. The molecule has 31 heavy (non-hydrogen) atoms. The number of morpholine rings is 1. The molecule has 0 aromatic carbocycles. The topological polar surface area (TPSA) is 85.7 Å². The summed E-state index contributed by atoms with van der Waals surface area (Å²) < 4.78 is 5.36. The molecular weight excluding hydrogens is 392 g/mol. The number of carbonyl (C=O) groups is 2. The second kappa shape index (κ2) is 11.3. The first-order chi connectivity index (χ1) is 14.9. The molecule has 2 amide bonds. The molecule has 2 saturated heterocycles. The van der Waals surface area contributed by atoms with Crippen LogP contribution in [0.5, 0.6) is 0 Å². The molecule has 0 aromatic heterocycles. The summed E-state index contributed by atoms with van der Waals surface area (Å²) in [6.45, 7) is 8.99. The highest BCUT2D eigenvalue weighted by Gasteiger charge is 2.41. The standard InChI is InChI=1S/C24H40N4O3/c1-19(2)16-27-9-8-24(17-25,18-27)26-23(30)21(14-20-6-4-3-5-7-20)15-22(29)28-10-12-31-13-11-28/h19-21H,3-16,18H2,1-2H3,(H,26,30). The number of nitrogens with one attached hydrogen (secondary N) is 1. The summed E-state index contributed by atoms with van der Waals surface area (Å²) >= 11 is 0. The van der Waals surface area contributed by atoms with E-state index in [4.69, 9.17) is 4.74 Å². The lowest BCUT2D eigenvalue weighted by Crippen LogP contribution is -2.52. The molecule has 7 nitrogen and oxygen atoms in total. The lowest BCUT2D eigenvalue weighted by Gasteiger charge is -2.32. The molecule has 2 unspecified atom stereocenters. The Kier molecular flexibility index (Phi) is 8.74. The Morgan fingerprint density at radius 1 is 1.16 bits per heavy atom. The number of nitrogens with zero attached hydrogens (tertiary/aromatic N) is 3. The van der Waals surface area contributed by atoms with Crippen LogP contribution < -0.4 is 5.32 Å². The Bertz CT molecular complexity index is 650. The molecule has 2 aliphatic heterocycles. The predicted molar refractivity (Wildman–Crippen MR) is 119 cm³/mol. The summed E-state index contributed by atoms with van der Waals surface area (Å²) in [5.74, 6) is 0.595. The molecule has 3 aliphatic rings. The predicted octanol–water partition coefficient (Wildman–Crippen LogP) is 2.56. The van der Waals surface area contributed by atoms with E-state index >= 15 is 0 Å². The molecule has 174 valence electrons. The summed E-state index contributed by atoms with van der Waals surface area (Å²) in [4.78, 5) is 30.4. The first kappa shape index (κ1) is 24.0. The number of likely N-dealkylation sites (tertiary alicyclic amines) is 1. The van der Waals surface area contributed by atoms with Gasteiger partial charge in [0, 0.05) is 45.1 Å². The van der Waals surface area contributed by atoms with Crippen LogP contribution in [0, 0.1) is 29.1 Å². The van der Waals surface area contributed by atoms with Crippen molar-refractivity contribution >= 4 is 11.8 Å². The van der Waals surface area contributed by atoms with Crippen LogP contribution in [0.1, 0.15) is 65.2 Å². The van der Waals surface area contributed by atoms with Crippen molar-refractivity contribution in [3.05, 3.63) is 0 Å². The van der Waals surface area contributed by atoms with Crippen molar-refractivity contribution in [2.45, 2.75) is 70.8 Å². The molecular formula is C24H40N4O3. The third-order valence-corrected chi connectivity index (χ3v) is 7.05. The van der Waals surface area contributed by atoms with Gasteiger partial charge in [-0.1, -0.05) is 46.0 Å². The zero-order valence-electron chi connectivity index (χ0n) is 19.4. The van der Waals surface area contributed by atoms with Crippen molar-refractivity contribution in [2.24, 2.45) is 17.8 Å². The third kappa shape index (κ3) is 6.92. The summed E-state index contributed by atoms with van der Waals surface area (Å²) in [5, 5.41) is 13.0. The van der Waals surface area contributed by atoms with Gasteiger partial charge in [-0.25, -0.2) is 0 Å². The van der Waals surface area contributed by atoms with Gasteiger partial charge >= 0.3 is 0 Å². The zero-order valence-corrected chi connectivity index (χ0v) is 19.4. The van der Waals surface area contributed by atoms with Gasteiger partial charge in [0.05, 0.1) is 19.3 Å². The van der Waals surface area contributed by atoms with Gasteiger partial charge in [-0.05, 0) is 24.7 Å². The van der Waals surface area contributed by atoms with Crippen molar-refractivity contribution in [3.8, 4) is 6.07 Å². The highest BCUT2D eigenvalue weighted by molar-refractivity contribution is 5.86. The first-order valence-corrected chi connectivity index (χ1v) is 12.2. The normalized spacial score (nSPS) is 26.6. The monoisotopic (exact) mass is 432 g/mol. The van der Waals surface area contributed by atoms with E-state index < -0.39 is 5.54 Å². The van der Waals surface area contributed by atoms with Crippen LogP contribution in [0.4, 0.5) is 0 Å². The summed E-state index contributed by atoms with van der Waals surface area (Å²) in [7, 11) is 0. The lowest BCUT2D eigenvalue weighted by atomic mass is 9.81. The fourth-order valence-corrected chi connectivity index (χ4v) is 5.38. The zero-order chi connectivity index (χ0) is 22.3. The minimum atomic E-state index is -0.835. The fraction of sp³-hybridized carbons (Fsp3) is 0.875. The van der Waals surface area contributed by atoms with Gasteiger partial charge in [-0.3, -0.25) is 14.5 Å². The van der Waals surface area contributed by atoms with Crippen LogP contribution in [0.2, 0.25) is 0 Å². The van der Waals surface area contributed by atoms with E-state index in [1.165, 1.54) is 19.3 Å². The lowest BCUT2D eigenvalue weighted by molar-refractivity contribution is -0.140. The molecule has 0 bridgehead atoms. The maximum absolute atomic E-state index is 13.4. The number of rotatable bonds is 8. The number of nitriles is 1. The quantitative estimate of drug-likeness (QED) is 0.637. The van der Waals surface area contributed by atoms with Crippen molar-refractivity contribution in [3.63, 3.8) is 0 Å². The molecule has 2 heterocycles. The Morgan fingerprint density at radius 2 is 1.87 bits per heavy atom. The average Bonchev–Trinajstić information content (AvgIpc) is 3.16. The van der Waals surface area contributed by atoms with Gasteiger partial charge < -0.3 is 15.0 Å². The second-order valence-electron chi connectivity index (χ2n) is 10.2. The summed E-state index contributed by atoms with van der Waals surface area (Å²) in [6.07, 6.45) is 7.60. The van der Waals surface area contributed by atoms with Crippen molar-refractivity contribution in [2.75, 3.05) is 45.9 Å². The van der Waals surface area contributed by atoms with Gasteiger partial charge in [0.1, 0.15) is 5.54 Å². The van der Waals surface area contributed by atoms with Gasteiger partial charge in [-0.2, -0.15) is 5.26 Å². The Morgan fingerprint density at radius 3 is 2.52 bits per heavy atom. The summed E-state index contributed by atoms with van der Waals surface area (Å²) in [6, 6.07) is 2.40. The Labute approximate surface area is 187 Å². The van der Waals surface area contributed by atoms with Gasteiger partial charge in [0.15, 0.2) is 0 Å². The first-order valence-electron chi connectivity index (χ1n) is 12.2. The van der Waals surface area contributed by atoms with E-state index in [-0.39, 0.29) is 24.2 Å². The van der Waals surface area contributed by atoms with E-state index in [1.807, 2.05) is 4.90 Å². The molecule has 2 atom stereocenters. The van der Waals surface area contributed by atoms with Gasteiger partial charge in [0.2, 0.25) is 11.8 Å². The molecule has 0 aromatic rings. The van der Waals surface area contributed by atoms with Crippen LogP contribution in [-0.4, -0.2) is 73.1 Å². The van der Waals surface area contributed by atoms with Crippen LogP contribution >= 0.6 is 0 Å². The number of ether oxygens (including phenoxy) is 1. The maximum atomic E-state index is 13.4. The molecule has 1 aliphatic carbocycles. The maximum Gasteiger partial charge on any atom is 0.224 e. The largest absolute Gasteiger partial charge is 0.378 e. The molecule has 0 spiro atoms. The van der Waals surface area contributed by atoms with Crippen LogP contribution in [0.25, 0.3) is 0 Å². The smallest absolute Gasteiger partial charge is 0.224 e. The Balaban J connectivity index is 1.65. The fourth-order valence-electron chi connectivity index (χ4n) is 5.38. The van der Waals surface area contributed by atoms with Gasteiger partial charge in [0.25, 0.3) is 0 Å². The van der Waals surface area contributed by atoms with E-state index in [2.05, 4.69) is 30.1 Å². The highest BCUT2D eigenvalue weighted by Crippen LogP contribution is 2.31. The van der Waals surface area contributed by atoms with Crippen molar-refractivity contribution in [1.82, 2.24) is 15.1 Å². The average molecular weight is 433 g/mol. The number of hydrogen-bond donors (Lipinski definition) is 1. The molecule has 1 saturated carbocycles. The highest BCUT2D eigenvalue weighted by atomic mass is 16.5. The Hall–Kier alpha value is -1.65. The van der Waals surface area contributed by atoms with Crippen LogP contribution in [0.15, 0.2) is 0 Å². The van der Waals surface area contributed by atoms with E-state index in [0.29, 0.717) is 51.1 Å². The molecule has 3 rings (SSSR count). The SMILES string of the molecule is CC(C)CN1CCC(C#N)(NC(=O)C(CC(=O)N2CCOCC2)CC2CCCCC2)C1. The number of hydrogen-bond acceptors (Lipinski definition) is 5. The molecule has 3 fully saturated rings. The van der Waals surface area contributed by atoms with Crippen molar-refractivity contribution < 1.29 is 14.3 Å². The second-order valence-corrected chi connectivity index (χ2v) is 10.2. The van der Waals surface area contributed by atoms with Crippen LogP contribution in [-0.2, 0) is 14.3 Å². The van der Waals surface area contributed by atoms with E-state index in [9.17, 15) is 14.9 Å². The molecule has 7 heteroatoms. The van der Waals surface area contributed by atoms with Gasteiger partial charge in [-0.15, -0.1) is 0 Å². The van der Waals surface area contributed by atoms with Crippen molar-refractivity contribution in [1.29, 1.82) is 5.26 Å². The minimum absolute atomic E-state index is 0.0399. The summed E-state index contributed by atoms with van der Waals surface area (Å²) in [5.41, 5.74) is -0.835.